The van der Waals surface area contributed by atoms with Crippen molar-refractivity contribution in [2.45, 2.75) is 38.0 Å². The standard InChI is InChI=1S/C30H33NO3/c1-29-18-23-10-5-6-11-24(23)19-30(29,26-12-7-13-27(32)17-26)14-15-31(21-29)20-25(28(33)34)16-22-8-3-2-4-9-22/h2-13,17,25,32H,14-16,18-21H2,1H3,(H,33,34)/t25?,29-,30-/m0/s1. The Morgan fingerprint density at radius 3 is 2.38 bits per heavy atom. The number of fused-ring (bicyclic) bond motifs is 2. The van der Waals surface area contributed by atoms with Gasteiger partial charge in [0.2, 0.25) is 0 Å². The third kappa shape index (κ3) is 4.12. The zero-order chi connectivity index (χ0) is 23.8. The molecule has 3 aromatic rings. The van der Waals surface area contributed by atoms with E-state index in [2.05, 4.69) is 42.2 Å². The first-order valence-corrected chi connectivity index (χ1v) is 12.2. The summed E-state index contributed by atoms with van der Waals surface area (Å²) in [6.07, 6.45) is 3.39. The molecule has 3 atom stereocenters. The molecule has 4 nitrogen and oxygen atoms in total. The highest BCUT2D eigenvalue weighted by molar-refractivity contribution is 5.70. The molecule has 1 fully saturated rings. The van der Waals surface area contributed by atoms with Gasteiger partial charge in [0.15, 0.2) is 0 Å². The lowest BCUT2D eigenvalue weighted by atomic mass is 9.50. The van der Waals surface area contributed by atoms with Gasteiger partial charge < -0.3 is 15.1 Å². The monoisotopic (exact) mass is 455 g/mol. The quantitative estimate of drug-likeness (QED) is 0.544. The molecule has 1 aliphatic heterocycles. The molecule has 0 saturated carbocycles. The Kier molecular flexibility index (Phi) is 5.95. The predicted molar refractivity (Wildman–Crippen MR) is 134 cm³/mol. The van der Waals surface area contributed by atoms with E-state index in [0.29, 0.717) is 18.7 Å². The van der Waals surface area contributed by atoms with Gasteiger partial charge in [-0.2, -0.15) is 0 Å². The number of phenolic OH excluding ortho intramolecular Hbond substituents is 1. The lowest BCUT2D eigenvalue weighted by molar-refractivity contribution is -0.143. The van der Waals surface area contributed by atoms with E-state index in [9.17, 15) is 15.0 Å². The topological polar surface area (TPSA) is 60.8 Å². The van der Waals surface area contributed by atoms with Crippen molar-refractivity contribution in [1.29, 1.82) is 0 Å². The van der Waals surface area contributed by atoms with Crippen LogP contribution in [0.5, 0.6) is 5.75 Å². The smallest absolute Gasteiger partial charge is 0.308 e. The summed E-state index contributed by atoms with van der Waals surface area (Å²) >= 11 is 0. The Balaban J connectivity index is 1.45. The molecule has 1 aliphatic carbocycles. The van der Waals surface area contributed by atoms with Crippen LogP contribution in [0.1, 0.15) is 35.6 Å². The highest BCUT2D eigenvalue weighted by Crippen LogP contribution is 2.55. The molecule has 2 aliphatic rings. The molecule has 0 amide bonds. The summed E-state index contributed by atoms with van der Waals surface area (Å²) in [5.41, 5.74) is 4.89. The maximum atomic E-state index is 12.2. The molecule has 0 bridgehead atoms. The number of carboxylic acid groups (broad SMARTS) is 1. The summed E-state index contributed by atoms with van der Waals surface area (Å²) in [6.45, 7) is 4.62. The van der Waals surface area contributed by atoms with Crippen LogP contribution in [0.3, 0.4) is 0 Å². The van der Waals surface area contributed by atoms with Crippen LogP contribution in [0.25, 0.3) is 0 Å². The third-order valence-corrected chi connectivity index (χ3v) is 8.33. The number of likely N-dealkylation sites (tertiary alicyclic amines) is 1. The molecule has 5 rings (SSSR count). The van der Waals surface area contributed by atoms with Crippen LogP contribution in [0.15, 0.2) is 78.9 Å². The summed E-state index contributed by atoms with van der Waals surface area (Å²) in [6, 6.07) is 26.4. The molecule has 0 spiro atoms. The molecule has 4 heteroatoms. The van der Waals surface area contributed by atoms with Crippen molar-refractivity contribution >= 4 is 5.97 Å². The van der Waals surface area contributed by atoms with Gasteiger partial charge in [0.05, 0.1) is 5.92 Å². The van der Waals surface area contributed by atoms with Gasteiger partial charge in [-0.25, -0.2) is 0 Å². The molecule has 0 radical (unpaired) electrons. The Morgan fingerprint density at radius 2 is 1.68 bits per heavy atom. The largest absolute Gasteiger partial charge is 0.508 e. The second-order valence-electron chi connectivity index (χ2n) is 10.5. The SMILES string of the molecule is C[C@@]12Cc3ccccc3C[C@]1(c1cccc(O)c1)CCN(CC(Cc1ccccc1)C(=O)O)C2. The normalized spacial score (nSPS) is 25.2. The average Bonchev–Trinajstić information content (AvgIpc) is 2.82. The number of aromatic hydroxyl groups is 1. The lowest BCUT2D eigenvalue weighted by Gasteiger charge is -2.58. The van der Waals surface area contributed by atoms with Crippen molar-refractivity contribution < 1.29 is 15.0 Å². The van der Waals surface area contributed by atoms with Crippen LogP contribution in [0, 0.1) is 11.3 Å². The van der Waals surface area contributed by atoms with Crippen LogP contribution in [-0.4, -0.2) is 40.7 Å². The molecule has 1 saturated heterocycles. The van der Waals surface area contributed by atoms with Gasteiger partial charge >= 0.3 is 5.97 Å². The second-order valence-corrected chi connectivity index (χ2v) is 10.5. The Labute approximate surface area is 201 Å². The van der Waals surface area contributed by atoms with Gasteiger partial charge in [-0.15, -0.1) is 0 Å². The Bertz CT molecular complexity index is 1180. The van der Waals surface area contributed by atoms with E-state index in [-0.39, 0.29) is 10.8 Å². The first-order valence-electron chi connectivity index (χ1n) is 12.2. The number of carboxylic acids is 1. The van der Waals surface area contributed by atoms with Crippen LogP contribution in [-0.2, 0) is 29.5 Å². The zero-order valence-corrected chi connectivity index (χ0v) is 19.8. The van der Waals surface area contributed by atoms with E-state index < -0.39 is 11.9 Å². The first-order chi connectivity index (χ1) is 16.4. The summed E-state index contributed by atoms with van der Waals surface area (Å²) in [5, 5.41) is 20.3. The van der Waals surface area contributed by atoms with E-state index in [1.807, 2.05) is 42.5 Å². The van der Waals surface area contributed by atoms with Crippen molar-refractivity contribution in [1.82, 2.24) is 4.90 Å². The molecule has 1 heterocycles. The molecule has 1 unspecified atom stereocenters. The minimum atomic E-state index is -0.729. The first kappa shape index (κ1) is 22.7. The molecule has 0 aromatic heterocycles. The molecule has 34 heavy (non-hydrogen) atoms. The van der Waals surface area contributed by atoms with Crippen molar-refractivity contribution in [3.8, 4) is 5.75 Å². The van der Waals surface area contributed by atoms with Crippen LogP contribution >= 0.6 is 0 Å². The van der Waals surface area contributed by atoms with Crippen molar-refractivity contribution in [2.24, 2.45) is 11.3 Å². The van der Waals surface area contributed by atoms with Gasteiger partial charge in [0, 0.05) is 18.5 Å². The summed E-state index contributed by atoms with van der Waals surface area (Å²) in [7, 11) is 0. The minimum Gasteiger partial charge on any atom is -0.508 e. The number of rotatable bonds is 6. The number of hydrogen-bond donors (Lipinski definition) is 2. The van der Waals surface area contributed by atoms with Crippen molar-refractivity contribution in [3.05, 3.63) is 101 Å². The van der Waals surface area contributed by atoms with E-state index >= 15 is 0 Å². The summed E-state index contributed by atoms with van der Waals surface area (Å²) in [4.78, 5) is 14.5. The number of aliphatic carboxylic acids is 1. The molecular formula is C30H33NO3. The fourth-order valence-electron chi connectivity index (χ4n) is 6.54. The number of nitrogens with zero attached hydrogens (tertiary/aromatic N) is 1. The highest BCUT2D eigenvalue weighted by Gasteiger charge is 2.55. The van der Waals surface area contributed by atoms with Crippen molar-refractivity contribution in [2.75, 3.05) is 19.6 Å². The van der Waals surface area contributed by atoms with Crippen LogP contribution in [0.2, 0.25) is 0 Å². The summed E-state index contributed by atoms with van der Waals surface area (Å²) in [5.74, 6) is -0.854. The van der Waals surface area contributed by atoms with Gasteiger partial charge in [0.25, 0.3) is 0 Å². The molecule has 2 N–H and O–H groups in total. The van der Waals surface area contributed by atoms with E-state index in [4.69, 9.17) is 0 Å². The fraction of sp³-hybridized carbons (Fsp3) is 0.367. The van der Waals surface area contributed by atoms with Crippen molar-refractivity contribution in [3.63, 3.8) is 0 Å². The van der Waals surface area contributed by atoms with Gasteiger partial charge in [0.1, 0.15) is 5.75 Å². The van der Waals surface area contributed by atoms with Gasteiger partial charge in [-0.3, -0.25) is 4.79 Å². The number of phenols is 1. The fourth-order valence-corrected chi connectivity index (χ4v) is 6.54. The number of benzene rings is 3. The van der Waals surface area contributed by atoms with Crippen LogP contribution in [0.4, 0.5) is 0 Å². The van der Waals surface area contributed by atoms with Gasteiger partial charge in [-0.1, -0.05) is 73.7 Å². The molecular weight excluding hydrogens is 422 g/mol. The summed E-state index contributed by atoms with van der Waals surface area (Å²) < 4.78 is 0. The maximum absolute atomic E-state index is 12.2. The number of hydrogen-bond acceptors (Lipinski definition) is 3. The highest BCUT2D eigenvalue weighted by atomic mass is 16.4. The number of carbonyl (C=O) groups is 1. The zero-order valence-electron chi connectivity index (χ0n) is 19.8. The second kappa shape index (κ2) is 8.92. The molecule has 3 aromatic carbocycles. The van der Waals surface area contributed by atoms with E-state index in [1.165, 1.54) is 16.7 Å². The molecule has 176 valence electrons. The maximum Gasteiger partial charge on any atom is 0.308 e. The van der Waals surface area contributed by atoms with Crippen LogP contribution < -0.4 is 0 Å². The Morgan fingerprint density at radius 1 is 0.971 bits per heavy atom. The van der Waals surface area contributed by atoms with E-state index in [0.717, 1.165) is 37.9 Å². The average molecular weight is 456 g/mol. The van der Waals surface area contributed by atoms with Gasteiger partial charge in [-0.05, 0) is 72.0 Å². The third-order valence-electron chi connectivity index (χ3n) is 8.33. The Hall–Kier alpha value is -3.11. The lowest BCUT2D eigenvalue weighted by Crippen LogP contribution is -2.61. The predicted octanol–water partition coefficient (Wildman–Crippen LogP) is 5.08. The van der Waals surface area contributed by atoms with E-state index in [1.54, 1.807) is 6.07 Å². The number of piperidine rings is 1. The minimum absolute atomic E-state index is 0.0663.